The average Bonchev–Trinajstić information content (AvgIpc) is 3.39. The summed E-state index contributed by atoms with van der Waals surface area (Å²) in [6, 6.07) is 20.7. The maximum absolute atomic E-state index is 13.8. The molecule has 5 aromatic rings. The standard InChI is InChI=1S/C26H17BrCl2N2O2/c27-15-5-8-22-14(11-15)12-23(33-22)26(32)31-10-9-18-17-3-1-2-4-21(17)30-24(18)25(31)19-7-6-16(28)13-20(19)29/h1-8,11-13,25,30H,9-10H2. The first-order valence-electron chi connectivity index (χ1n) is 10.5. The van der Waals surface area contributed by atoms with Gasteiger partial charge in [-0.3, -0.25) is 4.79 Å². The predicted molar refractivity (Wildman–Crippen MR) is 135 cm³/mol. The molecule has 3 heterocycles. The number of hydrogen-bond acceptors (Lipinski definition) is 2. The zero-order chi connectivity index (χ0) is 22.7. The molecule has 1 aliphatic rings. The molecule has 0 radical (unpaired) electrons. The predicted octanol–water partition coefficient (Wildman–Crippen LogP) is 7.77. The van der Waals surface area contributed by atoms with Gasteiger partial charge in [-0.1, -0.05) is 63.4 Å². The summed E-state index contributed by atoms with van der Waals surface area (Å²) in [5, 5.41) is 3.11. The quantitative estimate of drug-likeness (QED) is 0.249. The smallest absolute Gasteiger partial charge is 0.290 e. The fourth-order valence-electron chi connectivity index (χ4n) is 4.77. The summed E-state index contributed by atoms with van der Waals surface area (Å²) in [5.41, 5.74) is 4.71. The van der Waals surface area contributed by atoms with Crippen LogP contribution in [0.3, 0.4) is 0 Å². The van der Waals surface area contributed by atoms with Gasteiger partial charge in [-0.2, -0.15) is 0 Å². The highest BCUT2D eigenvalue weighted by atomic mass is 79.9. The van der Waals surface area contributed by atoms with Crippen molar-refractivity contribution < 1.29 is 9.21 Å². The number of furan rings is 1. The normalized spacial score (nSPS) is 15.8. The number of carbonyl (C=O) groups is 1. The van der Waals surface area contributed by atoms with Crippen molar-refractivity contribution in [3.63, 3.8) is 0 Å². The molecule has 1 aliphatic heterocycles. The molecule has 0 saturated heterocycles. The monoisotopic (exact) mass is 538 g/mol. The van der Waals surface area contributed by atoms with Crippen LogP contribution >= 0.6 is 39.1 Å². The number of amides is 1. The molecule has 3 aromatic carbocycles. The van der Waals surface area contributed by atoms with E-state index < -0.39 is 6.04 Å². The van der Waals surface area contributed by atoms with Gasteiger partial charge in [0, 0.05) is 43.0 Å². The Morgan fingerprint density at radius 2 is 1.91 bits per heavy atom. The van der Waals surface area contributed by atoms with Crippen LogP contribution in [-0.2, 0) is 6.42 Å². The molecule has 0 aliphatic carbocycles. The van der Waals surface area contributed by atoms with Crippen molar-refractivity contribution in [2.75, 3.05) is 6.54 Å². The summed E-state index contributed by atoms with van der Waals surface area (Å²) < 4.78 is 6.87. The minimum Gasteiger partial charge on any atom is -0.451 e. The molecule has 0 spiro atoms. The summed E-state index contributed by atoms with van der Waals surface area (Å²) in [5.74, 6) is 0.125. The van der Waals surface area contributed by atoms with E-state index in [4.69, 9.17) is 27.6 Å². The molecule has 1 unspecified atom stereocenters. The number of carbonyl (C=O) groups excluding carboxylic acids is 1. The second-order valence-corrected chi connectivity index (χ2v) is 9.93. The lowest BCUT2D eigenvalue weighted by molar-refractivity contribution is 0.0662. The Balaban J connectivity index is 1.51. The van der Waals surface area contributed by atoms with E-state index in [1.807, 2.05) is 41.3 Å². The van der Waals surface area contributed by atoms with Crippen LogP contribution in [0.1, 0.15) is 33.4 Å². The van der Waals surface area contributed by atoms with Crippen molar-refractivity contribution in [1.82, 2.24) is 9.88 Å². The number of halogens is 3. The fraction of sp³-hybridized carbons (Fsp3) is 0.115. The van der Waals surface area contributed by atoms with Gasteiger partial charge in [0.15, 0.2) is 5.76 Å². The third-order valence-corrected chi connectivity index (χ3v) is 7.30. The van der Waals surface area contributed by atoms with Crippen molar-refractivity contribution in [3.8, 4) is 0 Å². The largest absolute Gasteiger partial charge is 0.451 e. The summed E-state index contributed by atoms with van der Waals surface area (Å²) in [4.78, 5) is 19.2. The molecule has 4 nitrogen and oxygen atoms in total. The van der Waals surface area contributed by atoms with Crippen molar-refractivity contribution in [2.45, 2.75) is 12.5 Å². The number of aromatic nitrogens is 1. The number of benzene rings is 3. The van der Waals surface area contributed by atoms with Crippen LogP contribution in [0.5, 0.6) is 0 Å². The van der Waals surface area contributed by atoms with E-state index in [0.717, 1.165) is 33.1 Å². The second-order valence-electron chi connectivity index (χ2n) is 8.17. The van der Waals surface area contributed by atoms with Crippen molar-refractivity contribution in [2.24, 2.45) is 0 Å². The fourth-order valence-corrected chi connectivity index (χ4v) is 5.66. The Hall–Kier alpha value is -2.73. The molecule has 33 heavy (non-hydrogen) atoms. The summed E-state index contributed by atoms with van der Waals surface area (Å²) in [7, 11) is 0. The Bertz CT molecular complexity index is 1560. The van der Waals surface area contributed by atoms with Crippen LogP contribution in [0.4, 0.5) is 0 Å². The van der Waals surface area contributed by atoms with Crippen LogP contribution in [0.2, 0.25) is 10.0 Å². The number of nitrogens with zero attached hydrogens (tertiary/aromatic N) is 1. The maximum atomic E-state index is 13.8. The number of rotatable bonds is 2. The molecule has 0 fully saturated rings. The van der Waals surface area contributed by atoms with Crippen LogP contribution in [-0.4, -0.2) is 22.3 Å². The van der Waals surface area contributed by atoms with Crippen LogP contribution < -0.4 is 0 Å². The van der Waals surface area contributed by atoms with E-state index in [1.54, 1.807) is 18.2 Å². The number of para-hydroxylation sites is 1. The number of fused-ring (bicyclic) bond motifs is 4. The molecule has 1 atom stereocenters. The van der Waals surface area contributed by atoms with E-state index >= 15 is 0 Å². The molecule has 6 rings (SSSR count). The van der Waals surface area contributed by atoms with Crippen LogP contribution in [0.25, 0.3) is 21.9 Å². The Kier molecular flexibility index (Phi) is 5.02. The van der Waals surface area contributed by atoms with Crippen molar-refractivity contribution in [3.05, 3.63) is 104 Å². The first kappa shape index (κ1) is 20.8. The molecule has 7 heteroatoms. The van der Waals surface area contributed by atoms with Crippen LogP contribution in [0.15, 0.2) is 75.6 Å². The molecule has 1 N–H and O–H groups in total. The first-order chi connectivity index (χ1) is 16.0. The number of H-pyrrole nitrogens is 1. The topological polar surface area (TPSA) is 49.2 Å². The molecule has 164 valence electrons. The van der Waals surface area contributed by atoms with Crippen LogP contribution in [0, 0.1) is 0 Å². The lowest BCUT2D eigenvalue weighted by atomic mass is 9.92. The van der Waals surface area contributed by atoms with Gasteiger partial charge in [-0.15, -0.1) is 0 Å². The summed E-state index contributed by atoms with van der Waals surface area (Å²) in [6.45, 7) is 0.540. The van der Waals surface area contributed by atoms with Gasteiger partial charge >= 0.3 is 0 Å². The second kappa shape index (κ2) is 7.94. The van der Waals surface area contributed by atoms with Crippen molar-refractivity contribution >= 4 is 66.9 Å². The zero-order valence-electron chi connectivity index (χ0n) is 17.2. The average molecular weight is 540 g/mol. The van der Waals surface area contributed by atoms with Gasteiger partial charge < -0.3 is 14.3 Å². The maximum Gasteiger partial charge on any atom is 0.290 e. The van der Waals surface area contributed by atoms with Gasteiger partial charge in [-0.05, 0) is 60.0 Å². The lowest BCUT2D eigenvalue weighted by Gasteiger charge is -2.36. The SMILES string of the molecule is O=C(c1cc2cc(Br)ccc2o1)N1CCc2c([nH]c3ccccc23)C1c1ccc(Cl)cc1Cl. The molecular formula is C26H17BrCl2N2O2. The Morgan fingerprint density at radius 3 is 2.76 bits per heavy atom. The molecule has 0 bridgehead atoms. The van der Waals surface area contributed by atoms with Gasteiger partial charge in [-0.25, -0.2) is 0 Å². The first-order valence-corrected chi connectivity index (χ1v) is 12.1. The van der Waals surface area contributed by atoms with Gasteiger partial charge in [0.25, 0.3) is 5.91 Å². The molecule has 2 aromatic heterocycles. The van der Waals surface area contributed by atoms with E-state index in [9.17, 15) is 4.79 Å². The third kappa shape index (κ3) is 3.46. The highest BCUT2D eigenvalue weighted by molar-refractivity contribution is 9.10. The highest BCUT2D eigenvalue weighted by Crippen LogP contribution is 2.42. The van der Waals surface area contributed by atoms with E-state index in [2.05, 4.69) is 33.0 Å². The van der Waals surface area contributed by atoms with Gasteiger partial charge in [0.1, 0.15) is 5.58 Å². The van der Waals surface area contributed by atoms with Crippen molar-refractivity contribution in [1.29, 1.82) is 0 Å². The highest BCUT2D eigenvalue weighted by Gasteiger charge is 2.37. The van der Waals surface area contributed by atoms with E-state index in [-0.39, 0.29) is 5.91 Å². The summed E-state index contributed by atoms with van der Waals surface area (Å²) >= 11 is 16.3. The molecule has 0 saturated carbocycles. The molecular weight excluding hydrogens is 523 g/mol. The Morgan fingerprint density at radius 1 is 1.06 bits per heavy atom. The van der Waals surface area contributed by atoms with Gasteiger partial charge in [0.05, 0.1) is 6.04 Å². The molecule has 1 amide bonds. The minimum atomic E-state index is -0.390. The Labute approximate surface area is 208 Å². The number of aromatic amines is 1. The zero-order valence-corrected chi connectivity index (χ0v) is 20.3. The number of hydrogen-bond donors (Lipinski definition) is 1. The minimum absolute atomic E-state index is 0.178. The third-order valence-electron chi connectivity index (χ3n) is 6.24. The van der Waals surface area contributed by atoms with E-state index in [1.165, 1.54) is 10.9 Å². The van der Waals surface area contributed by atoms with E-state index in [0.29, 0.717) is 27.9 Å². The summed E-state index contributed by atoms with van der Waals surface area (Å²) in [6.07, 6.45) is 0.735. The lowest BCUT2D eigenvalue weighted by Crippen LogP contribution is -2.40. The number of nitrogens with one attached hydrogen (secondary N) is 1. The van der Waals surface area contributed by atoms with Gasteiger partial charge in [0.2, 0.25) is 0 Å².